The van der Waals surface area contributed by atoms with Crippen molar-refractivity contribution in [2.45, 2.75) is 32.4 Å². The Balaban J connectivity index is 2.35. The molecule has 1 heterocycles. The molecule has 82 valence electrons. The second-order valence-corrected chi connectivity index (χ2v) is 3.96. The van der Waals surface area contributed by atoms with Gasteiger partial charge in [-0.2, -0.15) is 0 Å². The molecule has 0 aliphatic rings. The minimum atomic E-state index is -1.14. The summed E-state index contributed by atoms with van der Waals surface area (Å²) in [5.41, 5.74) is -0.0779. The van der Waals surface area contributed by atoms with Gasteiger partial charge < -0.3 is 10.4 Å². The average molecular weight is 208 g/mol. The highest BCUT2D eigenvalue weighted by Gasteiger charge is 2.14. The third-order valence-corrected chi connectivity index (χ3v) is 1.84. The van der Waals surface area contributed by atoms with Crippen molar-refractivity contribution in [1.29, 1.82) is 0 Å². The number of rotatable bonds is 4. The van der Waals surface area contributed by atoms with Gasteiger partial charge in [0.15, 0.2) is 0 Å². The number of aliphatic hydroxyl groups is 1. The average Bonchev–Trinajstić information content (AvgIpc) is 2.14. The smallest absolute Gasteiger partial charge is 0.222 e. The molecule has 15 heavy (non-hydrogen) atoms. The second kappa shape index (κ2) is 4.89. The molecule has 1 amide bonds. The summed E-state index contributed by atoms with van der Waals surface area (Å²) in [4.78, 5) is 15.2. The number of carbonyl (C=O) groups excluding carboxylic acids is 1. The highest BCUT2D eigenvalue weighted by Crippen LogP contribution is 2.02. The Morgan fingerprint density at radius 1 is 1.47 bits per heavy atom. The zero-order chi connectivity index (χ0) is 11.3. The molecule has 1 rings (SSSR count). The highest BCUT2D eigenvalue weighted by molar-refractivity contribution is 5.76. The Hall–Kier alpha value is -1.42. The van der Waals surface area contributed by atoms with E-state index in [2.05, 4.69) is 10.3 Å². The van der Waals surface area contributed by atoms with Crippen LogP contribution in [0, 0.1) is 0 Å². The van der Waals surface area contributed by atoms with Crippen LogP contribution in [-0.2, 0) is 11.2 Å². The first-order chi connectivity index (χ1) is 6.97. The van der Waals surface area contributed by atoms with Crippen molar-refractivity contribution in [1.82, 2.24) is 10.3 Å². The molecule has 4 nitrogen and oxygen atoms in total. The van der Waals surface area contributed by atoms with Crippen molar-refractivity contribution < 1.29 is 9.90 Å². The topological polar surface area (TPSA) is 62.2 Å². The summed E-state index contributed by atoms with van der Waals surface area (Å²) >= 11 is 0. The van der Waals surface area contributed by atoms with Crippen LogP contribution >= 0.6 is 0 Å². The van der Waals surface area contributed by atoms with Gasteiger partial charge >= 0.3 is 0 Å². The second-order valence-electron chi connectivity index (χ2n) is 3.96. The fourth-order valence-corrected chi connectivity index (χ4v) is 1.21. The molecule has 0 saturated carbocycles. The van der Waals surface area contributed by atoms with Crippen LogP contribution in [0.5, 0.6) is 0 Å². The van der Waals surface area contributed by atoms with Gasteiger partial charge in [-0.1, -0.05) is 0 Å². The summed E-state index contributed by atoms with van der Waals surface area (Å²) in [6, 6.07) is 3.74. The SMILES string of the molecule is CC(C)(O)NC(=O)CCc1ccncc1. The molecule has 0 spiro atoms. The van der Waals surface area contributed by atoms with Gasteiger partial charge in [-0.05, 0) is 38.0 Å². The monoisotopic (exact) mass is 208 g/mol. The highest BCUT2D eigenvalue weighted by atomic mass is 16.3. The molecule has 0 bridgehead atoms. The first-order valence-corrected chi connectivity index (χ1v) is 4.90. The molecule has 0 aliphatic carbocycles. The number of hydrogen-bond donors (Lipinski definition) is 2. The van der Waals surface area contributed by atoms with Crippen LogP contribution < -0.4 is 5.32 Å². The predicted molar refractivity (Wildman–Crippen MR) is 57.0 cm³/mol. The first kappa shape index (κ1) is 11.7. The van der Waals surface area contributed by atoms with Crippen molar-refractivity contribution in [2.24, 2.45) is 0 Å². The van der Waals surface area contributed by atoms with Gasteiger partial charge in [0.05, 0.1) is 0 Å². The lowest BCUT2D eigenvalue weighted by Gasteiger charge is -2.18. The lowest BCUT2D eigenvalue weighted by molar-refractivity contribution is -0.126. The van der Waals surface area contributed by atoms with E-state index in [4.69, 9.17) is 0 Å². The van der Waals surface area contributed by atoms with Gasteiger partial charge in [0, 0.05) is 18.8 Å². The van der Waals surface area contributed by atoms with Gasteiger partial charge in [-0.15, -0.1) is 0 Å². The van der Waals surface area contributed by atoms with E-state index in [-0.39, 0.29) is 5.91 Å². The van der Waals surface area contributed by atoms with Crippen LogP contribution in [0.25, 0.3) is 0 Å². The number of aromatic nitrogens is 1. The Bertz CT molecular complexity index is 317. The third-order valence-electron chi connectivity index (χ3n) is 1.84. The van der Waals surface area contributed by atoms with Gasteiger partial charge in [-0.25, -0.2) is 0 Å². The van der Waals surface area contributed by atoms with Crippen LogP contribution in [-0.4, -0.2) is 21.7 Å². The number of aryl methyl sites for hydroxylation is 1. The molecule has 0 saturated heterocycles. The summed E-state index contributed by atoms with van der Waals surface area (Å²) < 4.78 is 0. The summed E-state index contributed by atoms with van der Waals surface area (Å²) in [5, 5.41) is 11.8. The van der Waals surface area contributed by atoms with Crippen molar-refractivity contribution in [2.75, 3.05) is 0 Å². The van der Waals surface area contributed by atoms with E-state index in [9.17, 15) is 9.90 Å². The molecular weight excluding hydrogens is 192 g/mol. The van der Waals surface area contributed by atoms with Crippen LogP contribution in [0.2, 0.25) is 0 Å². The van der Waals surface area contributed by atoms with Crippen molar-refractivity contribution in [3.8, 4) is 0 Å². The van der Waals surface area contributed by atoms with E-state index in [1.807, 2.05) is 12.1 Å². The third kappa shape index (κ3) is 5.12. The maximum atomic E-state index is 11.3. The lowest BCUT2D eigenvalue weighted by atomic mass is 10.1. The Morgan fingerprint density at radius 2 is 2.07 bits per heavy atom. The molecule has 0 unspecified atom stereocenters. The molecule has 1 aromatic rings. The zero-order valence-electron chi connectivity index (χ0n) is 9.03. The van der Waals surface area contributed by atoms with Crippen LogP contribution in [0.15, 0.2) is 24.5 Å². The van der Waals surface area contributed by atoms with Crippen molar-refractivity contribution in [3.63, 3.8) is 0 Å². The molecule has 2 N–H and O–H groups in total. The largest absolute Gasteiger partial charge is 0.372 e. The first-order valence-electron chi connectivity index (χ1n) is 4.90. The summed E-state index contributed by atoms with van der Waals surface area (Å²) in [6.45, 7) is 3.08. The molecule has 4 heteroatoms. The lowest BCUT2D eigenvalue weighted by Crippen LogP contribution is -2.43. The summed E-state index contributed by atoms with van der Waals surface area (Å²) in [6.07, 6.45) is 4.42. The molecule has 0 aliphatic heterocycles. The fraction of sp³-hybridized carbons (Fsp3) is 0.455. The number of nitrogens with one attached hydrogen (secondary N) is 1. The normalized spacial score (nSPS) is 11.1. The van der Waals surface area contributed by atoms with Gasteiger partial charge in [0.2, 0.25) is 5.91 Å². The van der Waals surface area contributed by atoms with Crippen LogP contribution in [0.1, 0.15) is 25.8 Å². The fourth-order valence-electron chi connectivity index (χ4n) is 1.21. The predicted octanol–water partition coefficient (Wildman–Crippen LogP) is 0.859. The van der Waals surface area contributed by atoms with Crippen LogP contribution in [0.3, 0.4) is 0 Å². The standard InChI is InChI=1S/C11H16N2O2/c1-11(2,15)13-10(14)4-3-9-5-7-12-8-6-9/h5-8,15H,3-4H2,1-2H3,(H,13,14). The number of hydrogen-bond acceptors (Lipinski definition) is 3. The maximum Gasteiger partial charge on any atom is 0.222 e. The quantitative estimate of drug-likeness (QED) is 0.721. The molecule has 0 fully saturated rings. The van der Waals surface area contributed by atoms with Gasteiger partial charge in [-0.3, -0.25) is 9.78 Å². The molecular formula is C11H16N2O2. The van der Waals surface area contributed by atoms with Crippen LogP contribution in [0.4, 0.5) is 0 Å². The Labute approximate surface area is 89.3 Å². The summed E-state index contributed by atoms with van der Waals surface area (Å²) in [5.74, 6) is -0.153. The van der Waals surface area contributed by atoms with E-state index >= 15 is 0 Å². The van der Waals surface area contributed by atoms with Gasteiger partial charge in [0.1, 0.15) is 5.72 Å². The number of nitrogens with zero attached hydrogens (tertiary/aromatic N) is 1. The Morgan fingerprint density at radius 3 is 2.60 bits per heavy atom. The molecule has 0 radical (unpaired) electrons. The van der Waals surface area contributed by atoms with E-state index in [1.165, 1.54) is 13.8 Å². The number of carbonyl (C=O) groups is 1. The van der Waals surface area contributed by atoms with E-state index in [0.29, 0.717) is 12.8 Å². The Kier molecular flexibility index (Phi) is 3.80. The zero-order valence-corrected chi connectivity index (χ0v) is 9.03. The molecule has 0 aromatic carbocycles. The van der Waals surface area contributed by atoms with E-state index in [0.717, 1.165) is 5.56 Å². The van der Waals surface area contributed by atoms with E-state index in [1.54, 1.807) is 12.4 Å². The molecule has 0 atom stereocenters. The minimum Gasteiger partial charge on any atom is -0.372 e. The van der Waals surface area contributed by atoms with E-state index < -0.39 is 5.72 Å². The molecule has 1 aromatic heterocycles. The number of pyridine rings is 1. The minimum absolute atomic E-state index is 0.153. The van der Waals surface area contributed by atoms with Gasteiger partial charge in [0.25, 0.3) is 0 Å². The van der Waals surface area contributed by atoms with Crippen molar-refractivity contribution in [3.05, 3.63) is 30.1 Å². The van der Waals surface area contributed by atoms with Crippen molar-refractivity contribution >= 4 is 5.91 Å². The maximum absolute atomic E-state index is 11.3. The summed E-state index contributed by atoms with van der Waals surface area (Å²) in [7, 11) is 0. The number of amides is 1.